The Kier molecular flexibility index (Phi) is 6.08. The lowest BCUT2D eigenvalue weighted by atomic mass is 10.1. The molecule has 158 valence electrons. The Labute approximate surface area is 183 Å². The molecule has 6 nitrogen and oxygen atoms in total. The Balaban J connectivity index is 1.35. The summed E-state index contributed by atoms with van der Waals surface area (Å²) in [4.78, 5) is 17.2. The number of amides is 1. The first-order chi connectivity index (χ1) is 15.0. The summed E-state index contributed by atoms with van der Waals surface area (Å²) in [6.07, 6.45) is 1.50. The van der Waals surface area contributed by atoms with Gasteiger partial charge in [-0.25, -0.2) is 14.1 Å². The first kappa shape index (κ1) is 20.7. The topological polar surface area (TPSA) is 69.0 Å². The summed E-state index contributed by atoms with van der Waals surface area (Å²) in [7, 11) is 0. The smallest absolute Gasteiger partial charge is 0.268 e. The van der Waals surface area contributed by atoms with Crippen LogP contribution in [-0.4, -0.2) is 20.7 Å². The number of hydrogen-bond donors (Lipinski definition) is 1. The minimum Gasteiger partial charge on any atom is -0.489 e. The van der Waals surface area contributed by atoms with E-state index >= 15 is 0 Å². The first-order valence-corrected chi connectivity index (χ1v) is 10.6. The van der Waals surface area contributed by atoms with Crippen LogP contribution in [0.15, 0.2) is 60.2 Å². The van der Waals surface area contributed by atoms with Crippen LogP contribution in [-0.2, 0) is 13.2 Å². The van der Waals surface area contributed by atoms with E-state index in [2.05, 4.69) is 15.4 Å². The minimum absolute atomic E-state index is 0.197. The van der Waals surface area contributed by atoms with E-state index in [4.69, 9.17) is 4.74 Å². The fraction of sp³-hybridized carbons (Fsp3) is 0.174. The zero-order valence-corrected chi connectivity index (χ0v) is 17.9. The zero-order valence-electron chi connectivity index (χ0n) is 17.1. The third-order valence-corrected chi connectivity index (χ3v) is 5.80. The second-order valence-electron chi connectivity index (χ2n) is 7.16. The maximum atomic E-state index is 13.3. The third kappa shape index (κ3) is 5.16. The van der Waals surface area contributed by atoms with Crippen molar-refractivity contribution in [3.8, 4) is 5.75 Å². The maximum Gasteiger partial charge on any atom is 0.268 e. The van der Waals surface area contributed by atoms with Gasteiger partial charge in [-0.1, -0.05) is 24.3 Å². The summed E-state index contributed by atoms with van der Waals surface area (Å²) in [5, 5.41) is 8.82. The molecule has 0 bridgehead atoms. The number of anilines is 1. The second-order valence-corrected chi connectivity index (χ2v) is 8.07. The summed E-state index contributed by atoms with van der Waals surface area (Å²) >= 11 is 1.33. The van der Waals surface area contributed by atoms with Crippen LogP contribution in [0.3, 0.4) is 0 Å². The summed E-state index contributed by atoms with van der Waals surface area (Å²) < 4.78 is 20.8. The molecule has 0 aliphatic rings. The van der Waals surface area contributed by atoms with Gasteiger partial charge >= 0.3 is 0 Å². The number of aromatic nitrogens is 3. The predicted octanol–water partition coefficient (Wildman–Crippen LogP) is 4.98. The normalized spacial score (nSPS) is 10.8. The van der Waals surface area contributed by atoms with E-state index in [1.165, 1.54) is 35.4 Å². The van der Waals surface area contributed by atoms with Crippen molar-refractivity contribution >= 4 is 23.2 Å². The highest BCUT2D eigenvalue weighted by molar-refractivity contribution is 7.12. The van der Waals surface area contributed by atoms with Crippen molar-refractivity contribution in [1.29, 1.82) is 0 Å². The Bertz CT molecular complexity index is 1220. The molecular weight excluding hydrogens is 415 g/mol. The van der Waals surface area contributed by atoms with Crippen LogP contribution in [0.5, 0.6) is 5.75 Å². The number of hydrogen-bond acceptors (Lipinski definition) is 5. The monoisotopic (exact) mass is 436 g/mol. The lowest BCUT2D eigenvalue weighted by Gasteiger charge is -2.09. The van der Waals surface area contributed by atoms with Gasteiger partial charge in [-0.3, -0.25) is 10.1 Å². The van der Waals surface area contributed by atoms with E-state index in [0.717, 1.165) is 22.4 Å². The van der Waals surface area contributed by atoms with E-state index in [-0.39, 0.29) is 17.7 Å². The number of aryl methyl sites for hydroxylation is 1. The molecule has 2 heterocycles. The van der Waals surface area contributed by atoms with Gasteiger partial charge in [0.25, 0.3) is 5.91 Å². The molecule has 0 saturated carbocycles. The van der Waals surface area contributed by atoms with E-state index in [1.807, 2.05) is 37.4 Å². The number of halogens is 1. The molecule has 4 rings (SSSR count). The minimum atomic E-state index is -0.304. The molecule has 0 unspecified atom stereocenters. The van der Waals surface area contributed by atoms with Gasteiger partial charge in [0, 0.05) is 5.56 Å². The van der Waals surface area contributed by atoms with Gasteiger partial charge in [0.1, 0.15) is 24.5 Å². The number of thiophene rings is 1. The fourth-order valence-corrected chi connectivity index (χ4v) is 3.82. The Morgan fingerprint density at radius 1 is 1.16 bits per heavy atom. The Hall–Kier alpha value is -3.52. The van der Waals surface area contributed by atoms with Crippen LogP contribution >= 0.6 is 11.3 Å². The zero-order chi connectivity index (χ0) is 21.8. The van der Waals surface area contributed by atoms with Gasteiger partial charge in [-0.15, -0.1) is 16.4 Å². The van der Waals surface area contributed by atoms with Gasteiger partial charge in [-0.05, 0) is 60.2 Å². The van der Waals surface area contributed by atoms with E-state index in [9.17, 15) is 9.18 Å². The van der Waals surface area contributed by atoms with Crippen molar-refractivity contribution in [3.63, 3.8) is 0 Å². The summed E-state index contributed by atoms with van der Waals surface area (Å²) in [6, 6.07) is 14.0. The molecule has 0 spiro atoms. The standard InChI is InChI=1S/C23H21FN4O2S/c1-15-5-3-8-20(16(15)2)30-12-18-10-21(31-13-18)22(29)26-23-25-14-28(27-23)11-17-6-4-7-19(24)9-17/h3-10,13-14H,11-12H2,1-2H3,(H,26,27,29). The third-order valence-electron chi connectivity index (χ3n) is 4.82. The summed E-state index contributed by atoms with van der Waals surface area (Å²) in [6.45, 7) is 4.81. The highest BCUT2D eigenvalue weighted by Gasteiger charge is 2.13. The average Bonchev–Trinajstić information content (AvgIpc) is 3.39. The number of benzene rings is 2. The molecule has 2 aromatic heterocycles. The molecule has 0 saturated heterocycles. The molecule has 0 aliphatic carbocycles. The van der Waals surface area contributed by atoms with Crippen LogP contribution in [0.25, 0.3) is 0 Å². The van der Waals surface area contributed by atoms with Crippen LogP contribution in [0.4, 0.5) is 10.3 Å². The number of nitrogens with zero attached hydrogens (tertiary/aromatic N) is 3. The van der Waals surface area contributed by atoms with Crippen molar-refractivity contribution < 1.29 is 13.9 Å². The molecule has 4 aromatic rings. The molecular formula is C23H21FN4O2S. The fourth-order valence-electron chi connectivity index (χ4n) is 3.03. The van der Waals surface area contributed by atoms with Gasteiger partial charge in [0.2, 0.25) is 5.95 Å². The highest BCUT2D eigenvalue weighted by Crippen LogP contribution is 2.23. The average molecular weight is 437 g/mol. The predicted molar refractivity (Wildman–Crippen MR) is 118 cm³/mol. The van der Waals surface area contributed by atoms with Crippen molar-refractivity contribution in [2.24, 2.45) is 0 Å². The first-order valence-electron chi connectivity index (χ1n) is 9.69. The van der Waals surface area contributed by atoms with Crippen molar-refractivity contribution in [2.45, 2.75) is 27.0 Å². The van der Waals surface area contributed by atoms with Crippen LogP contribution in [0.1, 0.15) is 31.9 Å². The van der Waals surface area contributed by atoms with Crippen molar-refractivity contribution in [3.05, 3.63) is 93.2 Å². The van der Waals surface area contributed by atoms with Gasteiger partial charge in [0.05, 0.1) is 11.4 Å². The summed E-state index contributed by atoms with van der Waals surface area (Å²) in [5.41, 5.74) is 3.96. The maximum absolute atomic E-state index is 13.3. The molecule has 0 atom stereocenters. The van der Waals surface area contributed by atoms with E-state index in [0.29, 0.717) is 18.0 Å². The molecule has 0 aliphatic heterocycles. The molecule has 2 aromatic carbocycles. The SMILES string of the molecule is Cc1cccc(OCc2csc(C(=O)Nc3ncn(Cc4cccc(F)c4)n3)c2)c1C. The second kappa shape index (κ2) is 9.09. The number of ether oxygens (including phenoxy) is 1. The number of nitrogens with one attached hydrogen (secondary N) is 1. The van der Waals surface area contributed by atoms with Crippen molar-refractivity contribution in [1.82, 2.24) is 14.8 Å². The number of carbonyl (C=O) groups is 1. The molecule has 1 N–H and O–H groups in total. The van der Waals surface area contributed by atoms with E-state index < -0.39 is 0 Å². The quantitative estimate of drug-likeness (QED) is 0.444. The molecule has 1 amide bonds. The largest absolute Gasteiger partial charge is 0.489 e. The number of rotatable bonds is 7. The summed E-state index contributed by atoms with van der Waals surface area (Å²) in [5.74, 6) is 0.445. The molecule has 31 heavy (non-hydrogen) atoms. The van der Waals surface area contributed by atoms with Crippen molar-refractivity contribution in [2.75, 3.05) is 5.32 Å². The molecule has 8 heteroatoms. The molecule has 0 radical (unpaired) electrons. The van der Waals surface area contributed by atoms with Gasteiger partial charge in [0.15, 0.2) is 0 Å². The lowest BCUT2D eigenvalue weighted by Crippen LogP contribution is -2.12. The number of carbonyl (C=O) groups excluding carboxylic acids is 1. The Morgan fingerprint density at radius 3 is 2.84 bits per heavy atom. The highest BCUT2D eigenvalue weighted by atomic mass is 32.1. The Morgan fingerprint density at radius 2 is 2.00 bits per heavy atom. The molecule has 0 fully saturated rings. The lowest BCUT2D eigenvalue weighted by molar-refractivity contribution is 0.102. The van der Waals surface area contributed by atoms with Crippen LogP contribution in [0.2, 0.25) is 0 Å². The van der Waals surface area contributed by atoms with E-state index in [1.54, 1.807) is 22.9 Å². The van der Waals surface area contributed by atoms with Gasteiger partial charge < -0.3 is 4.74 Å². The van der Waals surface area contributed by atoms with Crippen LogP contribution in [0, 0.1) is 19.7 Å². The van der Waals surface area contributed by atoms with Gasteiger partial charge in [-0.2, -0.15) is 0 Å². The van der Waals surface area contributed by atoms with Crippen LogP contribution < -0.4 is 10.1 Å².